The maximum atomic E-state index is 14.9. The van der Waals surface area contributed by atoms with E-state index >= 15 is 0 Å². The Hall–Kier alpha value is -3.90. The van der Waals surface area contributed by atoms with Crippen LogP contribution in [0.3, 0.4) is 0 Å². The molecule has 0 amide bonds. The van der Waals surface area contributed by atoms with Crippen molar-refractivity contribution in [1.82, 2.24) is 29.0 Å². The highest BCUT2D eigenvalue weighted by molar-refractivity contribution is 7.90. The number of benzene rings is 2. The highest BCUT2D eigenvalue weighted by Gasteiger charge is 2.44. The SMILES string of the molecule is CNc1nc(Nc2ccc(-n3cnc(C)n3)c(F)c2)nc2c1CN(S(=O)(=O)C1CC1)CC2c1ccccc1. The number of halogens is 1. The summed E-state index contributed by atoms with van der Waals surface area (Å²) in [5.41, 5.74) is 3.20. The first-order chi connectivity index (χ1) is 18.3. The Kier molecular flexibility index (Phi) is 6.07. The van der Waals surface area contributed by atoms with Gasteiger partial charge in [-0.1, -0.05) is 30.3 Å². The predicted molar refractivity (Wildman–Crippen MR) is 142 cm³/mol. The monoisotopic (exact) mass is 534 g/mol. The molecule has 1 aliphatic carbocycles. The number of anilines is 3. The summed E-state index contributed by atoms with van der Waals surface area (Å²) in [6.07, 6.45) is 2.86. The molecule has 1 fully saturated rings. The van der Waals surface area contributed by atoms with Crippen LogP contribution in [0.5, 0.6) is 0 Å². The molecule has 1 aliphatic heterocycles. The van der Waals surface area contributed by atoms with E-state index in [1.54, 1.807) is 30.4 Å². The number of sulfonamides is 1. The molecule has 1 atom stereocenters. The van der Waals surface area contributed by atoms with E-state index in [2.05, 4.69) is 25.7 Å². The Morgan fingerprint density at radius 3 is 2.53 bits per heavy atom. The number of aromatic nitrogens is 5. The van der Waals surface area contributed by atoms with Crippen molar-refractivity contribution >= 4 is 27.5 Å². The third-order valence-electron chi connectivity index (χ3n) is 6.89. The van der Waals surface area contributed by atoms with E-state index in [0.29, 0.717) is 36.7 Å². The largest absolute Gasteiger partial charge is 0.373 e. The van der Waals surface area contributed by atoms with E-state index in [0.717, 1.165) is 16.8 Å². The molecule has 38 heavy (non-hydrogen) atoms. The van der Waals surface area contributed by atoms with Crippen LogP contribution in [0, 0.1) is 12.7 Å². The summed E-state index contributed by atoms with van der Waals surface area (Å²) in [5, 5.41) is 10.1. The van der Waals surface area contributed by atoms with Crippen molar-refractivity contribution in [2.75, 3.05) is 24.2 Å². The minimum atomic E-state index is -3.41. The van der Waals surface area contributed by atoms with Gasteiger partial charge < -0.3 is 10.6 Å². The van der Waals surface area contributed by atoms with Crippen LogP contribution in [0.1, 0.15) is 41.4 Å². The fraction of sp³-hybridized carbons (Fsp3) is 0.308. The van der Waals surface area contributed by atoms with E-state index in [1.165, 1.54) is 17.1 Å². The van der Waals surface area contributed by atoms with Crippen LogP contribution in [0.25, 0.3) is 5.69 Å². The molecule has 6 rings (SSSR count). The summed E-state index contributed by atoms with van der Waals surface area (Å²) in [5.74, 6) is 0.610. The zero-order chi connectivity index (χ0) is 26.4. The summed E-state index contributed by atoms with van der Waals surface area (Å²) in [6.45, 7) is 2.24. The molecule has 2 aliphatic rings. The molecule has 0 spiro atoms. The normalized spacial score (nSPS) is 17.7. The smallest absolute Gasteiger partial charge is 0.229 e. The minimum Gasteiger partial charge on any atom is -0.373 e. The number of nitrogens with zero attached hydrogens (tertiary/aromatic N) is 6. The van der Waals surface area contributed by atoms with Gasteiger partial charge in [-0.15, -0.1) is 0 Å². The standard InChI is InChI=1S/C26H27FN8O2S/c1-16-29-15-35(33-16)23-11-8-18(12-22(23)27)30-26-31-24-20(17-6-4-3-5-7-17)13-34(38(36,37)19-9-10-19)14-21(24)25(28-2)32-26/h3-8,11-12,15,19-20H,9-10,13-14H2,1-2H3,(H2,28,30,31,32). The van der Waals surface area contributed by atoms with Gasteiger partial charge in [0.2, 0.25) is 16.0 Å². The van der Waals surface area contributed by atoms with Crippen LogP contribution in [0.15, 0.2) is 54.9 Å². The van der Waals surface area contributed by atoms with Crippen molar-refractivity contribution in [2.45, 2.75) is 37.5 Å². The number of aryl methyl sites for hydroxylation is 1. The predicted octanol–water partition coefficient (Wildman–Crippen LogP) is 3.73. The van der Waals surface area contributed by atoms with Crippen LogP contribution in [-0.2, 0) is 16.6 Å². The fourth-order valence-electron chi connectivity index (χ4n) is 4.82. The lowest BCUT2D eigenvalue weighted by atomic mass is 9.89. The van der Waals surface area contributed by atoms with Crippen molar-refractivity contribution in [2.24, 2.45) is 0 Å². The number of hydrogen-bond acceptors (Lipinski definition) is 8. The van der Waals surface area contributed by atoms with Gasteiger partial charge in [-0.3, -0.25) is 0 Å². The molecular formula is C26H27FN8O2S. The van der Waals surface area contributed by atoms with Crippen molar-refractivity contribution in [3.63, 3.8) is 0 Å². The second-order valence-corrected chi connectivity index (χ2v) is 11.8. The molecule has 10 nitrogen and oxygen atoms in total. The molecule has 4 aromatic rings. The molecule has 0 bridgehead atoms. The highest BCUT2D eigenvalue weighted by atomic mass is 32.2. The first-order valence-corrected chi connectivity index (χ1v) is 13.9. The van der Waals surface area contributed by atoms with Crippen LogP contribution in [0.2, 0.25) is 0 Å². The molecule has 3 heterocycles. The van der Waals surface area contributed by atoms with Crippen molar-refractivity contribution in [3.05, 3.63) is 83.3 Å². The lowest BCUT2D eigenvalue weighted by Crippen LogP contribution is -2.41. The highest BCUT2D eigenvalue weighted by Crippen LogP contribution is 2.40. The van der Waals surface area contributed by atoms with Gasteiger partial charge in [0.1, 0.15) is 23.7 Å². The van der Waals surface area contributed by atoms with Crippen molar-refractivity contribution in [3.8, 4) is 5.69 Å². The average Bonchev–Trinajstić information content (AvgIpc) is 3.70. The van der Waals surface area contributed by atoms with Crippen LogP contribution < -0.4 is 10.6 Å². The maximum absolute atomic E-state index is 14.9. The second-order valence-electron chi connectivity index (χ2n) is 9.54. The van der Waals surface area contributed by atoms with Gasteiger partial charge in [0.25, 0.3) is 0 Å². The van der Waals surface area contributed by atoms with Gasteiger partial charge >= 0.3 is 0 Å². The van der Waals surface area contributed by atoms with Crippen LogP contribution in [-0.4, -0.2) is 56.3 Å². The molecular weight excluding hydrogens is 507 g/mol. The van der Waals surface area contributed by atoms with Gasteiger partial charge in [0.05, 0.1) is 10.9 Å². The van der Waals surface area contributed by atoms with E-state index in [-0.39, 0.29) is 29.3 Å². The van der Waals surface area contributed by atoms with E-state index in [4.69, 9.17) is 4.98 Å². The van der Waals surface area contributed by atoms with Gasteiger partial charge in [0.15, 0.2) is 5.82 Å². The number of hydrogen-bond donors (Lipinski definition) is 2. The molecule has 0 saturated heterocycles. The van der Waals surface area contributed by atoms with Gasteiger partial charge in [-0.25, -0.2) is 27.5 Å². The Morgan fingerprint density at radius 2 is 1.87 bits per heavy atom. The molecule has 12 heteroatoms. The number of fused-ring (bicyclic) bond motifs is 1. The molecule has 2 N–H and O–H groups in total. The van der Waals surface area contributed by atoms with Gasteiger partial charge in [-0.2, -0.15) is 14.4 Å². The first-order valence-electron chi connectivity index (χ1n) is 12.4. The van der Waals surface area contributed by atoms with Crippen molar-refractivity contribution in [1.29, 1.82) is 0 Å². The summed E-state index contributed by atoms with van der Waals surface area (Å²) in [4.78, 5) is 13.5. The van der Waals surface area contributed by atoms with Gasteiger partial charge in [-0.05, 0) is 43.5 Å². The zero-order valence-electron chi connectivity index (χ0n) is 21.0. The number of rotatable bonds is 7. The molecule has 196 valence electrons. The third-order valence-corrected chi connectivity index (χ3v) is 9.20. The van der Waals surface area contributed by atoms with E-state index in [9.17, 15) is 12.8 Å². The number of nitrogens with one attached hydrogen (secondary N) is 2. The molecule has 1 unspecified atom stereocenters. The Morgan fingerprint density at radius 1 is 1.08 bits per heavy atom. The first kappa shape index (κ1) is 24.4. The molecule has 0 radical (unpaired) electrons. The lowest BCUT2D eigenvalue weighted by Gasteiger charge is -2.34. The van der Waals surface area contributed by atoms with E-state index < -0.39 is 15.8 Å². The summed E-state index contributed by atoms with van der Waals surface area (Å²) < 4.78 is 44.3. The fourth-order valence-corrected chi connectivity index (χ4v) is 6.64. The Labute approximate surface area is 220 Å². The van der Waals surface area contributed by atoms with E-state index in [1.807, 2.05) is 30.3 Å². The Bertz CT molecular complexity index is 1600. The van der Waals surface area contributed by atoms with Gasteiger partial charge in [0, 0.05) is 37.3 Å². The second kappa shape index (κ2) is 9.44. The maximum Gasteiger partial charge on any atom is 0.229 e. The molecule has 2 aromatic heterocycles. The third kappa shape index (κ3) is 4.50. The van der Waals surface area contributed by atoms with Crippen LogP contribution in [0.4, 0.5) is 21.8 Å². The average molecular weight is 535 g/mol. The summed E-state index contributed by atoms with van der Waals surface area (Å²) in [6, 6.07) is 14.4. The van der Waals surface area contributed by atoms with Crippen molar-refractivity contribution < 1.29 is 12.8 Å². The summed E-state index contributed by atoms with van der Waals surface area (Å²) >= 11 is 0. The quantitative estimate of drug-likeness (QED) is 0.368. The zero-order valence-corrected chi connectivity index (χ0v) is 21.8. The summed E-state index contributed by atoms with van der Waals surface area (Å²) in [7, 11) is -1.66. The topological polar surface area (TPSA) is 118 Å². The molecule has 2 aromatic carbocycles. The van der Waals surface area contributed by atoms with Crippen LogP contribution >= 0.6 is 0 Å². The minimum absolute atomic E-state index is 0.203. The Balaban J connectivity index is 1.38. The lowest BCUT2D eigenvalue weighted by molar-refractivity contribution is 0.367. The molecule has 1 saturated carbocycles.